The first-order valence-electron chi connectivity index (χ1n) is 5.34. The molecule has 0 aromatic carbocycles. The summed E-state index contributed by atoms with van der Waals surface area (Å²) < 4.78 is 35.6. The summed E-state index contributed by atoms with van der Waals surface area (Å²) in [6.07, 6.45) is 0. The lowest BCUT2D eigenvalue weighted by Crippen LogP contribution is -2.33. The molecule has 1 heterocycles. The second-order valence-corrected chi connectivity index (χ2v) is 5.28. The van der Waals surface area contributed by atoms with Crippen LogP contribution in [0.25, 0.3) is 0 Å². The summed E-state index contributed by atoms with van der Waals surface area (Å²) in [5.41, 5.74) is 5.37. The average Bonchev–Trinajstić information content (AvgIpc) is 2.79. The molecule has 1 aromatic heterocycles. The van der Waals surface area contributed by atoms with E-state index in [1.807, 2.05) is 0 Å². The van der Waals surface area contributed by atoms with Crippen LogP contribution in [0.3, 0.4) is 0 Å². The van der Waals surface area contributed by atoms with E-state index in [2.05, 4.69) is 0 Å². The van der Waals surface area contributed by atoms with Gasteiger partial charge in [0.05, 0.1) is 13.2 Å². The number of ether oxygens (including phenoxy) is 1. The number of nitrogens with zero attached hydrogens (tertiary/aromatic N) is 1. The number of likely N-dealkylation sites (N-methyl/N-ethyl adjacent to an activating group) is 1. The highest BCUT2D eigenvalue weighted by molar-refractivity contribution is 7.89. The smallest absolute Gasteiger partial charge is 0.276 e. The Morgan fingerprint density at radius 1 is 1.47 bits per heavy atom. The maximum Gasteiger partial charge on any atom is 0.276 e. The van der Waals surface area contributed by atoms with Crippen molar-refractivity contribution in [3.8, 4) is 0 Å². The quantitative estimate of drug-likeness (QED) is 0.768. The highest BCUT2D eigenvalue weighted by Gasteiger charge is 2.26. The molecule has 6 nitrogen and oxygen atoms in total. The van der Waals surface area contributed by atoms with Crippen molar-refractivity contribution in [3.05, 3.63) is 17.9 Å². The van der Waals surface area contributed by atoms with Gasteiger partial charge in [-0.25, -0.2) is 8.42 Å². The zero-order valence-corrected chi connectivity index (χ0v) is 10.9. The van der Waals surface area contributed by atoms with Crippen LogP contribution in [0.1, 0.15) is 12.7 Å². The number of nitrogens with two attached hydrogens (primary N) is 1. The molecule has 0 spiro atoms. The molecular formula is C10H18N2O4S. The van der Waals surface area contributed by atoms with Crippen molar-refractivity contribution in [2.45, 2.75) is 18.6 Å². The summed E-state index contributed by atoms with van der Waals surface area (Å²) in [7, 11) is -2.05. The molecule has 0 aliphatic heterocycles. The summed E-state index contributed by atoms with van der Waals surface area (Å²) in [5, 5.41) is -0.0732. The lowest BCUT2D eigenvalue weighted by molar-refractivity contribution is 0.179. The van der Waals surface area contributed by atoms with Crippen molar-refractivity contribution >= 4 is 10.0 Å². The van der Waals surface area contributed by atoms with Crippen molar-refractivity contribution < 1.29 is 17.6 Å². The molecule has 1 rings (SSSR count). The van der Waals surface area contributed by atoms with Crippen LogP contribution in [-0.2, 0) is 21.3 Å². The molecule has 0 amide bonds. The average molecular weight is 262 g/mol. The Morgan fingerprint density at radius 3 is 2.65 bits per heavy atom. The highest BCUT2D eigenvalue weighted by atomic mass is 32.2. The number of sulfonamides is 1. The van der Waals surface area contributed by atoms with Crippen LogP contribution in [0.15, 0.2) is 21.6 Å². The van der Waals surface area contributed by atoms with E-state index >= 15 is 0 Å². The van der Waals surface area contributed by atoms with Crippen molar-refractivity contribution in [3.63, 3.8) is 0 Å². The molecule has 0 aliphatic rings. The van der Waals surface area contributed by atoms with Crippen LogP contribution >= 0.6 is 0 Å². The van der Waals surface area contributed by atoms with Gasteiger partial charge in [0.1, 0.15) is 5.76 Å². The normalized spacial score (nSPS) is 12.2. The van der Waals surface area contributed by atoms with Gasteiger partial charge in [-0.1, -0.05) is 6.92 Å². The van der Waals surface area contributed by atoms with E-state index in [0.717, 1.165) is 0 Å². The molecule has 0 bridgehead atoms. The van der Waals surface area contributed by atoms with E-state index in [9.17, 15) is 8.42 Å². The maximum absolute atomic E-state index is 12.1. The fraction of sp³-hybridized carbons (Fsp3) is 0.600. The summed E-state index contributed by atoms with van der Waals surface area (Å²) in [6, 6.07) is 2.99. The fourth-order valence-electron chi connectivity index (χ4n) is 1.38. The predicted octanol–water partition coefficient (Wildman–Crippen LogP) is 0.395. The van der Waals surface area contributed by atoms with E-state index in [-0.39, 0.29) is 11.6 Å². The third-order valence-corrected chi connectivity index (χ3v) is 4.18. The van der Waals surface area contributed by atoms with Gasteiger partial charge in [0.15, 0.2) is 0 Å². The Morgan fingerprint density at radius 2 is 2.18 bits per heavy atom. The van der Waals surface area contributed by atoms with Crippen LogP contribution < -0.4 is 5.73 Å². The van der Waals surface area contributed by atoms with Gasteiger partial charge in [0.25, 0.3) is 10.0 Å². The van der Waals surface area contributed by atoms with Crippen LogP contribution in [0.4, 0.5) is 0 Å². The van der Waals surface area contributed by atoms with Crippen LogP contribution in [0.5, 0.6) is 0 Å². The molecule has 7 heteroatoms. The molecule has 0 aliphatic carbocycles. The van der Waals surface area contributed by atoms with Crippen LogP contribution in [0, 0.1) is 0 Å². The van der Waals surface area contributed by atoms with E-state index in [1.165, 1.54) is 17.5 Å². The van der Waals surface area contributed by atoms with Crippen molar-refractivity contribution in [1.29, 1.82) is 0 Å². The first-order valence-corrected chi connectivity index (χ1v) is 6.78. The Balaban J connectivity index is 2.91. The molecule has 0 atom stereocenters. The number of hydrogen-bond acceptors (Lipinski definition) is 5. The van der Waals surface area contributed by atoms with Gasteiger partial charge >= 0.3 is 0 Å². The number of hydrogen-bond donors (Lipinski definition) is 1. The molecule has 17 heavy (non-hydrogen) atoms. The number of methoxy groups -OCH3 is 1. The van der Waals surface area contributed by atoms with E-state index in [0.29, 0.717) is 25.5 Å². The third kappa shape index (κ3) is 3.29. The summed E-state index contributed by atoms with van der Waals surface area (Å²) in [4.78, 5) is 0. The minimum atomic E-state index is -3.58. The Kier molecular flexibility index (Phi) is 5.13. The van der Waals surface area contributed by atoms with Crippen molar-refractivity contribution in [2.75, 3.05) is 26.8 Å². The first-order chi connectivity index (χ1) is 8.06. The Bertz CT molecular complexity index is 441. The SMILES string of the molecule is CCN(CCOC)S(=O)(=O)c1ccc(CN)o1. The first kappa shape index (κ1) is 14.2. The second kappa shape index (κ2) is 6.15. The standard InChI is InChI=1S/C10H18N2O4S/c1-3-12(6-7-15-2)17(13,14)10-5-4-9(8-11)16-10/h4-5H,3,6-8,11H2,1-2H3. The van der Waals surface area contributed by atoms with Crippen LogP contribution in [0.2, 0.25) is 0 Å². The summed E-state index contributed by atoms with van der Waals surface area (Å²) in [5.74, 6) is 0.450. The molecule has 98 valence electrons. The zero-order chi connectivity index (χ0) is 12.9. The van der Waals surface area contributed by atoms with Crippen LogP contribution in [-0.4, -0.2) is 39.5 Å². The molecule has 0 saturated carbocycles. The largest absolute Gasteiger partial charge is 0.447 e. The Hall–Kier alpha value is -0.890. The third-order valence-electron chi connectivity index (χ3n) is 2.33. The number of rotatable bonds is 7. The molecule has 0 unspecified atom stereocenters. The lowest BCUT2D eigenvalue weighted by atomic mass is 10.5. The number of furan rings is 1. The zero-order valence-electron chi connectivity index (χ0n) is 10.0. The molecule has 0 radical (unpaired) electrons. The van der Waals surface area contributed by atoms with E-state index < -0.39 is 10.0 Å². The lowest BCUT2D eigenvalue weighted by Gasteiger charge is -2.18. The van der Waals surface area contributed by atoms with E-state index in [1.54, 1.807) is 13.0 Å². The fourth-order valence-corrected chi connectivity index (χ4v) is 2.74. The maximum atomic E-state index is 12.1. The van der Waals surface area contributed by atoms with Crippen molar-refractivity contribution in [2.24, 2.45) is 5.73 Å². The van der Waals surface area contributed by atoms with Gasteiger partial charge in [0.2, 0.25) is 5.09 Å². The minimum absolute atomic E-state index is 0.0732. The topological polar surface area (TPSA) is 85.8 Å². The van der Waals surface area contributed by atoms with Gasteiger partial charge in [0, 0.05) is 20.2 Å². The molecule has 0 saturated heterocycles. The highest BCUT2D eigenvalue weighted by Crippen LogP contribution is 2.18. The summed E-state index contributed by atoms with van der Waals surface area (Å²) in [6.45, 7) is 2.95. The summed E-state index contributed by atoms with van der Waals surface area (Å²) >= 11 is 0. The van der Waals surface area contributed by atoms with Gasteiger partial charge in [-0.2, -0.15) is 4.31 Å². The Labute approximate surface area is 101 Å². The monoisotopic (exact) mass is 262 g/mol. The predicted molar refractivity (Wildman–Crippen MR) is 62.9 cm³/mol. The molecular weight excluding hydrogens is 244 g/mol. The van der Waals surface area contributed by atoms with Crippen molar-refractivity contribution in [1.82, 2.24) is 4.31 Å². The minimum Gasteiger partial charge on any atom is -0.447 e. The van der Waals surface area contributed by atoms with Gasteiger partial charge in [-0.05, 0) is 12.1 Å². The molecule has 2 N–H and O–H groups in total. The van der Waals surface area contributed by atoms with Gasteiger partial charge in [-0.15, -0.1) is 0 Å². The molecule has 0 fully saturated rings. The van der Waals surface area contributed by atoms with Gasteiger partial charge < -0.3 is 14.9 Å². The molecule has 1 aromatic rings. The second-order valence-electron chi connectivity index (χ2n) is 3.41. The van der Waals surface area contributed by atoms with Gasteiger partial charge in [-0.3, -0.25) is 0 Å². The van der Waals surface area contributed by atoms with E-state index in [4.69, 9.17) is 14.9 Å².